The third kappa shape index (κ3) is 5.13. The van der Waals surface area contributed by atoms with Gasteiger partial charge in [-0.05, 0) is 35.9 Å². The molecule has 17 heteroatoms. The quantitative estimate of drug-likeness (QED) is 0.0669. The minimum absolute atomic E-state index is 0.102. The number of hydrogen-bond donors (Lipinski definition) is 5. The van der Waals surface area contributed by atoms with E-state index < -0.39 is 47.7 Å². The Labute approximate surface area is 214 Å². The van der Waals surface area contributed by atoms with Gasteiger partial charge in [-0.1, -0.05) is 17.2 Å². The number of amides is 3. The van der Waals surface area contributed by atoms with E-state index in [-0.39, 0.29) is 46.2 Å². The third-order valence-electron chi connectivity index (χ3n) is 5.47. The third-order valence-corrected chi connectivity index (χ3v) is 7.18. The van der Waals surface area contributed by atoms with E-state index in [4.69, 9.17) is 5.53 Å². The zero-order valence-electron chi connectivity index (χ0n) is 18.9. The van der Waals surface area contributed by atoms with Crippen LogP contribution in [0.25, 0.3) is 21.2 Å². The van der Waals surface area contributed by atoms with Crippen molar-refractivity contribution >= 4 is 60.1 Å². The van der Waals surface area contributed by atoms with Crippen molar-refractivity contribution < 1.29 is 40.3 Å². The summed E-state index contributed by atoms with van der Waals surface area (Å²) in [6, 6.07) is 8.16. The van der Waals surface area contributed by atoms with Gasteiger partial charge < -0.3 is 10.6 Å². The van der Waals surface area contributed by atoms with Gasteiger partial charge in [-0.2, -0.15) is 16.8 Å². The van der Waals surface area contributed by atoms with Crippen molar-refractivity contribution in [1.82, 2.24) is 10.6 Å². The molecule has 3 aromatic rings. The molecule has 15 nitrogen and oxygen atoms in total. The summed E-state index contributed by atoms with van der Waals surface area (Å²) in [5.74, 6) is -2.49. The van der Waals surface area contributed by atoms with E-state index in [2.05, 4.69) is 20.7 Å². The predicted octanol–water partition coefficient (Wildman–Crippen LogP) is 2.00. The molecule has 0 unspecified atom stereocenters. The lowest BCUT2D eigenvalue weighted by Gasteiger charge is -2.22. The molecule has 196 valence electrons. The number of rotatable bonds is 8. The summed E-state index contributed by atoms with van der Waals surface area (Å²) in [6.07, 6.45) is 0. The zero-order valence-corrected chi connectivity index (χ0v) is 20.5. The molecule has 1 heterocycles. The number of nitrogens with zero attached hydrogens (tertiary/aromatic N) is 3. The average Bonchev–Trinajstić information content (AvgIpc) is 2.84. The molecule has 5 N–H and O–H groups in total. The molecule has 3 amide bonds. The number of nitrogens with one attached hydrogen (secondary N) is 3. The Hall–Kier alpha value is -4.54. The second-order valence-corrected chi connectivity index (χ2v) is 10.7. The van der Waals surface area contributed by atoms with E-state index in [0.717, 1.165) is 18.2 Å². The molecule has 0 atom stereocenters. The van der Waals surface area contributed by atoms with E-state index in [9.17, 15) is 40.3 Å². The van der Waals surface area contributed by atoms with Gasteiger partial charge in [0.05, 0.1) is 10.6 Å². The monoisotopic (exact) mass is 560 g/mol. The summed E-state index contributed by atoms with van der Waals surface area (Å²) in [7, 11) is -9.88. The summed E-state index contributed by atoms with van der Waals surface area (Å²) in [6.45, 7) is -0.263. The van der Waals surface area contributed by atoms with Crippen molar-refractivity contribution in [3.05, 3.63) is 69.6 Å². The second kappa shape index (κ2) is 9.73. The van der Waals surface area contributed by atoms with Crippen molar-refractivity contribution in [2.24, 2.45) is 5.11 Å². The van der Waals surface area contributed by atoms with Crippen molar-refractivity contribution in [1.29, 1.82) is 0 Å². The standard InChI is InChI=1S/C21H16N6O9S2/c22-27-26-11-3-1-10(2-4-11)19(28)24-6-5-23-18-13-7-12(37(31,32)33)8-14-17(13)15(21(30)25-20(14)29)9-16(18)38(34,35)36/h1-4,7-9,23H,5-6H2,(H,24,28)(H,25,29,30)(H,31,32,33)(H,34,35,36). The van der Waals surface area contributed by atoms with Crippen molar-refractivity contribution in [2.45, 2.75) is 9.79 Å². The van der Waals surface area contributed by atoms with Crippen LogP contribution in [0.1, 0.15) is 31.1 Å². The molecule has 38 heavy (non-hydrogen) atoms. The lowest BCUT2D eigenvalue weighted by atomic mass is 9.94. The first-order valence-electron chi connectivity index (χ1n) is 10.4. The minimum Gasteiger partial charge on any atom is -0.382 e. The highest BCUT2D eigenvalue weighted by molar-refractivity contribution is 7.86. The molecule has 0 saturated carbocycles. The van der Waals surface area contributed by atoms with Crippen molar-refractivity contribution in [3.8, 4) is 0 Å². The maximum absolute atomic E-state index is 12.4. The van der Waals surface area contributed by atoms with Crippen molar-refractivity contribution in [2.75, 3.05) is 18.4 Å². The largest absolute Gasteiger partial charge is 0.382 e. The topological polar surface area (TPSA) is 245 Å². The molecule has 3 aromatic carbocycles. The summed E-state index contributed by atoms with van der Waals surface area (Å²) in [4.78, 5) is 38.3. The van der Waals surface area contributed by atoms with Crippen LogP contribution >= 0.6 is 0 Å². The first-order valence-corrected chi connectivity index (χ1v) is 13.3. The fourth-order valence-corrected chi connectivity index (χ4v) is 5.08. The molecule has 0 bridgehead atoms. The summed E-state index contributed by atoms with van der Waals surface area (Å²) >= 11 is 0. The Morgan fingerprint density at radius 2 is 1.58 bits per heavy atom. The first kappa shape index (κ1) is 26.5. The van der Waals surface area contributed by atoms with Gasteiger partial charge in [0.2, 0.25) is 0 Å². The maximum Gasteiger partial charge on any atom is 0.296 e. The van der Waals surface area contributed by atoms with Crippen LogP contribution in [0.2, 0.25) is 0 Å². The smallest absolute Gasteiger partial charge is 0.296 e. The Morgan fingerprint density at radius 3 is 2.16 bits per heavy atom. The van der Waals surface area contributed by atoms with Gasteiger partial charge in [-0.25, -0.2) is 0 Å². The van der Waals surface area contributed by atoms with E-state index in [1.165, 1.54) is 24.3 Å². The van der Waals surface area contributed by atoms with Crippen LogP contribution in [-0.4, -0.2) is 56.8 Å². The SMILES string of the molecule is [N-]=[N+]=Nc1ccc(C(=O)NCCNc2c(S(=O)(=O)O)cc3c4c(cc(S(=O)(=O)O)cc24)C(=O)NC3=O)cc1. The molecule has 0 aliphatic carbocycles. The highest BCUT2D eigenvalue weighted by Gasteiger charge is 2.32. The number of benzene rings is 3. The number of anilines is 1. The lowest BCUT2D eigenvalue weighted by molar-refractivity contribution is 0.0843. The molecule has 0 fully saturated rings. The van der Waals surface area contributed by atoms with E-state index in [1.54, 1.807) is 0 Å². The number of carbonyl (C=O) groups is 3. The second-order valence-electron chi connectivity index (χ2n) is 7.84. The van der Waals surface area contributed by atoms with Gasteiger partial charge in [0.1, 0.15) is 4.90 Å². The Balaban J connectivity index is 1.72. The molecule has 1 aliphatic heterocycles. The summed E-state index contributed by atoms with van der Waals surface area (Å²) < 4.78 is 67.4. The molecule has 4 rings (SSSR count). The Morgan fingerprint density at radius 1 is 0.947 bits per heavy atom. The molecule has 0 aromatic heterocycles. The molecular formula is C21H16N6O9S2. The highest BCUT2D eigenvalue weighted by Crippen LogP contribution is 2.38. The van der Waals surface area contributed by atoms with Gasteiger partial charge in [-0.3, -0.25) is 28.8 Å². The lowest BCUT2D eigenvalue weighted by Crippen LogP contribution is -2.35. The minimum atomic E-state index is -5.00. The van der Waals surface area contributed by atoms with Crippen LogP contribution in [0.5, 0.6) is 0 Å². The number of hydrogen-bond acceptors (Lipinski definition) is 9. The van der Waals surface area contributed by atoms with Crippen molar-refractivity contribution in [3.63, 3.8) is 0 Å². The van der Waals surface area contributed by atoms with Gasteiger partial charge >= 0.3 is 0 Å². The first-order chi connectivity index (χ1) is 17.8. The van der Waals surface area contributed by atoms with Gasteiger partial charge in [0.25, 0.3) is 38.0 Å². The molecule has 0 radical (unpaired) electrons. The fraction of sp³-hybridized carbons (Fsp3) is 0.0952. The van der Waals surface area contributed by atoms with Crippen LogP contribution in [0.3, 0.4) is 0 Å². The van der Waals surface area contributed by atoms with Gasteiger partial charge in [0, 0.05) is 51.2 Å². The number of azide groups is 1. The molecular weight excluding hydrogens is 544 g/mol. The number of imide groups is 1. The van der Waals surface area contributed by atoms with E-state index >= 15 is 0 Å². The summed E-state index contributed by atoms with van der Waals surface area (Å²) in [5, 5.41) is 10.2. The van der Waals surface area contributed by atoms with Crippen LogP contribution in [0.15, 0.2) is 57.4 Å². The van der Waals surface area contributed by atoms with Crippen LogP contribution in [-0.2, 0) is 20.2 Å². The molecule has 1 aliphatic rings. The number of carbonyl (C=O) groups excluding carboxylic acids is 3. The van der Waals surface area contributed by atoms with Crippen LogP contribution in [0, 0.1) is 0 Å². The van der Waals surface area contributed by atoms with Gasteiger partial charge in [0.15, 0.2) is 0 Å². The predicted molar refractivity (Wildman–Crippen MR) is 131 cm³/mol. The fourth-order valence-electron chi connectivity index (χ4n) is 3.84. The van der Waals surface area contributed by atoms with Gasteiger partial charge in [-0.15, -0.1) is 0 Å². The van der Waals surface area contributed by atoms with Crippen LogP contribution in [0.4, 0.5) is 11.4 Å². The van der Waals surface area contributed by atoms with Crippen LogP contribution < -0.4 is 16.0 Å². The van der Waals surface area contributed by atoms with E-state index in [1.807, 2.05) is 5.32 Å². The van der Waals surface area contributed by atoms with E-state index in [0.29, 0.717) is 5.69 Å². The maximum atomic E-state index is 12.4. The average molecular weight is 561 g/mol. The normalized spacial score (nSPS) is 13.0. The Bertz CT molecular complexity index is 1780. The highest BCUT2D eigenvalue weighted by atomic mass is 32.2. The molecule has 0 spiro atoms. The Kier molecular flexibility index (Phi) is 6.79. The molecule has 0 saturated heterocycles. The summed E-state index contributed by atoms with van der Waals surface area (Å²) in [5.41, 5.74) is 7.94. The zero-order chi connectivity index (χ0) is 27.8.